The molecule has 2 aromatic rings. The first-order chi connectivity index (χ1) is 8.29. The van der Waals surface area contributed by atoms with Gasteiger partial charge >= 0.3 is 0 Å². The fraction of sp³-hybridized carbons (Fsp3) is 0.133. The highest BCUT2D eigenvalue weighted by molar-refractivity contribution is 5.45. The zero-order valence-corrected chi connectivity index (χ0v) is 9.57. The maximum Gasteiger partial charge on any atom is 0.123 e. The van der Waals surface area contributed by atoms with Gasteiger partial charge in [0, 0.05) is 5.69 Å². The molecule has 0 saturated heterocycles. The van der Waals surface area contributed by atoms with E-state index >= 15 is 0 Å². The van der Waals surface area contributed by atoms with Gasteiger partial charge in [0.15, 0.2) is 0 Å². The standard InChI is InChI=1S/C15H15FN/c1-2-15(12-8-10-13(16)11-9-12)17-14-6-4-3-5-7-14/h3-11,15,17H,1-2H2. The first kappa shape index (κ1) is 11.6. The van der Waals surface area contributed by atoms with E-state index < -0.39 is 0 Å². The largest absolute Gasteiger partial charge is 0.378 e. The molecule has 0 fully saturated rings. The van der Waals surface area contributed by atoms with Crippen LogP contribution in [0.5, 0.6) is 0 Å². The molecule has 0 heterocycles. The Bertz CT molecular complexity index is 450. The van der Waals surface area contributed by atoms with Crippen LogP contribution in [0.15, 0.2) is 54.6 Å². The lowest BCUT2D eigenvalue weighted by Gasteiger charge is -2.18. The third-order valence-electron chi connectivity index (χ3n) is 2.68. The van der Waals surface area contributed by atoms with Gasteiger partial charge in [0.2, 0.25) is 0 Å². The molecule has 0 bridgehead atoms. The molecular formula is C15H15FN. The summed E-state index contributed by atoms with van der Waals surface area (Å²) in [5.74, 6) is -0.212. The molecule has 1 radical (unpaired) electrons. The van der Waals surface area contributed by atoms with Crippen LogP contribution >= 0.6 is 0 Å². The summed E-state index contributed by atoms with van der Waals surface area (Å²) >= 11 is 0. The van der Waals surface area contributed by atoms with Gasteiger partial charge in [0.1, 0.15) is 5.82 Å². The summed E-state index contributed by atoms with van der Waals surface area (Å²) in [5, 5.41) is 3.38. The van der Waals surface area contributed by atoms with Crippen LogP contribution in [0.4, 0.5) is 10.1 Å². The Morgan fingerprint density at radius 2 is 1.65 bits per heavy atom. The third-order valence-corrected chi connectivity index (χ3v) is 2.68. The van der Waals surface area contributed by atoms with Crippen molar-refractivity contribution in [3.05, 3.63) is 72.9 Å². The second kappa shape index (κ2) is 5.48. The van der Waals surface area contributed by atoms with Crippen LogP contribution < -0.4 is 5.32 Å². The summed E-state index contributed by atoms with van der Waals surface area (Å²) in [6, 6.07) is 16.6. The van der Waals surface area contributed by atoms with Crippen LogP contribution in [0.1, 0.15) is 18.0 Å². The van der Waals surface area contributed by atoms with Gasteiger partial charge in [-0.2, -0.15) is 0 Å². The number of nitrogens with one attached hydrogen (secondary N) is 1. The number of hydrogen-bond acceptors (Lipinski definition) is 1. The van der Waals surface area contributed by atoms with Crippen molar-refractivity contribution in [2.75, 3.05) is 5.32 Å². The second-order valence-electron chi connectivity index (χ2n) is 3.90. The van der Waals surface area contributed by atoms with E-state index in [1.54, 1.807) is 12.1 Å². The lowest BCUT2D eigenvalue weighted by molar-refractivity contribution is 0.626. The van der Waals surface area contributed by atoms with Gasteiger partial charge in [-0.3, -0.25) is 0 Å². The number of rotatable bonds is 4. The summed E-state index contributed by atoms with van der Waals surface area (Å²) in [5.41, 5.74) is 2.09. The van der Waals surface area contributed by atoms with E-state index in [-0.39, 0.29) is 11.9 Å². The van der Waals surface area contributed by atoms with Crippen LogP contribution in [0.2, 0.25) is 0 Å². The Hall–Kier alpha value is -1.83. The number of anilines is 1. The molecule has 1 N–H and O–H groups in total. The summed E-state index contributed by atoms with van der Waals surface area (Å²) < 4.78 is 12.8. The number of halogens is 1. The Labute approximate surface area is 101 Å². The quantitative estimate of drug-likeness (QED) is 0.826. The lowest BCUT2D eigenvalue weighted by atomic mass is 10.0. The molecule has 1 unspecified atom stereocenters. The molecule has 0 amide bonds. The molecular weight excluding hydrogens is 213 g/mol. The van der Waals surface area contributed by atoms with E-state index in [2.05, 4.69) is 12.2 Å². The van der Waals surface area contributed by atoms with Crippen molar-refractivity contribution in [3.63, 3.8) is 0 Å². The first-order valence-corrected chi connectivity index (χ1v) is 5.66. The van der Waals surface area contributed by atoms with E-state index in [1.807, 2.05) is 30.3 Å². The van der Waals surface area contributed by atoms with E-state index in [1.165, 1.54) is 12.1 Å². The van der Waals surface area contributed by atoms with Crippen molar-refractivity contribution < 1.29 is 4.39 Å². The van der Waals surface area contributed by atoms with Crippen molar-refractivity contribution in [2.45, 2.75) is 12.5 Å². The van der Waals surface area contributed by atoms with Crippen molar-refractivity contribution in [1.82, 2.24) is 0 Å². The highest BCUT2D eigenvalue weighted by Crippen LogP contribution is 2.22. The van der Waals surface area contributed by atoms with Crippen molar-refractivity contribution in [2.24, 2.45) is 0 Å². The summed E-state index contributed by atoms with van der Waals surface area (Å²) in [7, 11) is 0. The predicted octanol–water partition coefficient (Wildman–Crippen LogP) is 4.20. The zero-order valence-electron chi connectivity index (χ0n) is 9.57. The Morgan fingerprint density at radius 1 is 1.00 bits per heavy atom. The van der Waals surface area contributed by atoms with E-state index in [0.29, 0.717) is 6.42 Å². The first-order valence-electron chi connectivity index (χ1n) is 5.66. The van der Waals surface area contributed by atoms with Gasteiger partial charge in [-0.05, 0) is 36.2 Å². The van der Waals surface area contributed by atoms with E-state index in [4.69, 9.17) is 0 Å². The maximum absolute atomic E-state index is 12.8. The van der Waals surface area contributed by atoms with Crippen LogP contribution in [-0.2, 0) is 0 Å². The molecule has 17 heavy (non-hydrogen) atoms. The summed E-state index contributed by atoms with van der Waals surface area (Å²) in [4.78, 5) is 0. The van der Waals surface area contributed by atoms with E-state index in [9.17, 15) is 4.39 Å². The average molecular weight is 228 g/mol. The number of benzene rings is 2. The zero-order chi connectivity index (χ0) is 12.1. The predicted molar refractivity (Wildman–Crippen MR) is 69.2 cm³/mol. The van der Waals surface area contributed by atoms with Crippen LogP contribution in [0.25, 0.3) is 0 Å². The highest BCUT2D eigenvalue weighted by atomic mass is 19.1. The van der Waals surface area contributed by atoms with Gasteiger partial charge < -0.3 is 5.32 Å². The van der Waals surface area contributed by atoms with Gasteiger partial charge in [-0.25, -0.2) is 4.39 Å². The monoisotopic (exact) mass is 228 g/mol. The molecule has 2 heteroatoms. The van der Waals surface area contributed by atoms with Gasteiger partial charge in [0.05, 0.1) is 6.04 Å². The topological polar surface area (TPSA) is 12.0 Å². The molecule has 0 aliphatic carbocycles. The van der Waals surface area contributed by atoms with Crippen molar-refractivity contribution in [1.29, 1.82) is 0 Å². The van der Waals surface area contributed by atoms with Gasteiger partial charge in [0.25, 0.3) is 0 Å². The third kappa shape index (κ3) is 3.06. The Morgan fingerprint density at radius 3 is 2.24 bits per heavy atom. The fourth-order valence-corrected chi connectivity index (χ4v) is 1.75. The Kier molecular flexibility index (Phi) is 3.76. The minimum absolute atomic E-state index is 0.109. The maximum atomic E-state index is 12.8. The molecule has 0 saturated carbocycles. The summed E-state index contributed by atoms with van der Waals surface area (Å²) in [6.45, 7) is 3.92. The molecule has 87 valence electrons. The van der Waals surface area contributed by atoms with E-state index in [0.717, 1.165) is 11.3 Å². The molecule has 2 aromatic carbocycles. The van der Waals surface area contributed by atoms with Crippen LogP contribution in [-0.4, -0.2) is 0 Å². The van der Waals surface area contributed by atoms with Gasteiger partial charge in [-0.15, -0.1) is 0 Å². The lowest BCUT2D eigenvalue weighted by Crippen LogP contribution is -2.09. The SMILES string of the molecule is [CH2]CC(Nc1ccccc1)c1ccc(F)cc1. The molecule has 1 nitrogen and oxygen atoms in total. The molecule has 0 aliphatic heterocycles. The molecule has 0 aliphatic rings. The Balaban J connectivity index is 2.14. The minimum atomic E-state index is -0.212. The fourth-order valence-electron chi connectivity index (χ4n) is 1.75. The molecule has 1 atom stereocenters. The molecule has 0 aromatic heterocycles. The highest BCUT2D eigenvalue weighted by Gasteiger charge is 2.08. The minimum Gasteiger partial charge on any atom is -0.378 e. The van der Waals surface area contributed by atoms with Crippen LogP contribution in [0, 0.1) is 12.7 Å². The summed E-state index contributed by atoms with van der Waals surface area (Å²) in [6.07, 6.45) is 0.709. The average Bonchev–Trinajstić information content (AvgIpc) is 2.38. The smallest absolute Gasteiger partial charge is 0.123 e. The van der Waals surface area contributed by atoms with Crippen molar-refractivity contribution in [3.8, 4) is 0 Å². The normalized spacial score (nSPS) is 12.1. The van der Waals surface area contributed by atoms with Crippen LogP contribution in [0.3, 0.4) is 0 Å². The number of hydrogen-bond donors (Lipinski definition) is 1. The second-order valence-corrected chi connectivity index (χ2v) is 3.90. The molecule has 0 spiro atoms. The van der Waals surface area contributed by atoms with Gasteiger partial charge in [-0.1, -0.05) is 37.3 Å². The molecule has 2 rings (SSSR count). The number of para-hydroxylation sites is 1. The van der Waals surface area contributed by atoms with Crippen molar-refractivity contribution >= 4 is 5.69 Å².